The van der Waals surface area contributed by atoms with Crippen LogP contribution >= 0.6 is 11.6 Å². The van der Waals surface area contributed by atoms with Crippen molar-refractivity contribution >= 4 is 34.1 Å². The van der Waals surface area contributed by atoms with Crippen molar-refractivity contribution in [3.05, 3.63) is 22.8 Å². The van der Waals surface area contributed by atoms with E-state index in [1.165, 1.54) is 6.07 Å². The number of nitrogens with zero attached hydrogens (tertiary/aromatic N) is 2. The number of hydrogen-bond acceptors (Lipinski definition) is 5. The molecule has 1 fully saturated rings. The van der Waals surface area contributed by atoms with Gasteiger partial charge in [-0.15, -0.1) is 0 Å². The number of rotatable bonds is 2. The van der Waals surface area contributed by atoms with Crippen LogP contribution in [0.15, 0.2) is 12.1 Å². The van der Waals surface area contributed by atoms with Crippen molar-refractivity contribution in [2.24, 2.45) is 5.84 Å². The van der Waals surface area contributed by atoms with Crippen LogP contribution in [-0.4, -0.2) is 44.6 Å². The van der Waals surface area contributed by atoms with Crippen LogP contribution < -0.4 is 11.3 Å². The third-order valence-corrected chi connectivity index (χ3v) is 4.12. The lowest BCUT2D eigenvalue weighted by Crippen LogP contribution is -2.41. The van der Waals surface area contributed by atoms with Gasteiger partial charge in [-0.05, 0) is 12.1 Å². The maximum atomic E-state index is 12.2. The maximum Gasteiger partial charge on any atom is 0.254 e. The van der Waals surface area contributed by atoms with Crippen LogP contribution in [-0.2, 0) is 10.8 Å². The Labute approximate surface area is 112 Å². The fraction of sp³-hybridized carbons (Fsp3) is 0.400. The molecule has 8 heteroatoms. The van der Waals surface area contributed by atoms with E-state index in [9.17, 15) is 9.00 Å². The molecule has 0 saturated carbocycles. The monoisotopic (exact) mass is 288 g/mol. The zero-order chi connectivity index (χ0) is 13.1. The summed E-state index contributed by atoms with van der Waals surface area (Å²) in [7, 11) is -0.809. The fourth-order valence-electron chi connectivity index (χ4n) is 1.72. The standard InChI is InChI=1S/C10H13ClN4O2S/c11-8-5-7(6-9(13-8)14-12)10(16)15-1-3-18(17)4-2-15/h5-6H,1-4,12H2,(H,13,14). The average Bonchev–Trinajstić information content (AvgIpc) is 2.38. The highest BCUT2D eigenvalue weighted by atomic mass is 35.5. The lowest BCUT2D eigenvalue weighted by molar-refractivity contribution is 0.0771. The molecule has 3 N–H and O–H groups in total. The van der Waals surface area contributed by atoms with Crippen LogP contribution in [0.4, 0.5) is 5.82 Å². The number of carbonyl (C=O) groups is 1. The van der Waals surface area contributed by atoms with Crippen molar-refractivity contribution in [1.29, 1.82) is 0 Å². The maximum absolute atomic E-state index is 12.2. The zero-order valence-electron chi connectivity index (χ0n) is 9.56. The molecule has 2 heterocycles. The van der Waals surface area contributed by atoms with Crippen molar-refractivity contribution in [2.45, 2.75) is 0 Å². The fourth-order valence-corrected chi connectivity index (χ4v) is 2.98. The van der Waals surface area contributed by atoms with E-state index in [0.717, 1.165) is 0 Å². The molecule has 1 amide bonds. The van der Waals surface area contributed by atoms with Crippen LogP contribution in [0.1, 0.15) is 10.4 Å². The zero-order valence-corrected chi connectivity index (χ0v) is 11.1. The number of nitrogens with two attached hydrogens (primary N) is 1. The van der Waals surface area contributed by atoms with Crippen molar-refractivity contribution in [3.63, 3.8) is 0 Å². The highest BCUT2D eigenvalue weighted by Crippen LogP contribution is 2.16. The summed E-state index contributed by atoms with van der Waals surface area (Å²) in [4.78, 5) is 17.8. The Morgan fingerprint density at radius 2 is 2.11 bits per heavy atom. The van der Waals surface area contributed by atoms with E-state index in [-0.39, 0.29) is 11.1 Å². The number of aromatic nitrogens is 1. The SMILES string of the molecule is NNc1cc(C(=O)N2CCS(=O)CC2)cc(Cl)n1. The quantitative estimate of drug-likeness (QED) is 0.462. The van der Waals surface area contributed by atoms with E-state index >= 15 is 0 Å². The molecule has 1 aliphatic rings. The smallest absolute Gasteiger partial charge is 0.254 e. The van der Waals surface area contributed by atoms with Gasteiger partial charge in [-0.3, -0.25) is 9.00 Å². The molecule has 1 saturated heterocycles. The normalized spacial score (nSPS) is 16.7. The minimum atomic E-state index is -0.809. The Bertz CT molecular complexity index is 487. The molecule has 1 aliphatic heterocycles. The van der Waals surface area contributed by atoms with E-state index in [0.29, 0.717) is 36.0 Å². The van der Waals surface area contributed by atoms with E-state index in [2.05, 4.69) is 10.4 Å². The summed E-state index contributed by atoms with van der Waals surface area (Å²) in [6.07, 6.45) is 0. The Hall–Kier alpha value is -1.18. The van der Waals surface area contributed by atoms with Gasteiger partial charge in [0.15, 0.2) is 0 Å². The Morgan fingerprint density at radius 3 is 2.72 bits per heavy atom. The molecule has 0 aromatic carbocycles. The van der Waals surface area contributed by atoms with Gasteiger partial charge in [0.1, 0.15) is 11.0 Å². The minimum absolute atomic E-state index is 0.146. The predicted molar refractivity (Wildman–Crippen MR) is 70.8 cm³/mol. The summed E-state index contributed by atoms with van der Waals surface area (Å²) < 4.78 is 11.2. The van der Waals surface area contributed by atoms with Gasteiger partial charge in [-0.1, -0.05) is 11.6 Å². The van der Waals surface area contributed by atoms with Crippen LogP contribution in [0.3, 0.4) is 0 Å². The number of nitrogen functional groups attached to an aromatic ring is 1. The topological polar surface area (TPSA) is 88.3 Å². The number of nitrogens with one attached hydrogen (secondary N) is 1. The Balaban J connectivity index is 2.18. The molecule has 2 rings (SSSR count). The molecule has 98 valence electrons. The molecule has 1 aromatic heterocycles. The van der Waals surface area contributed by atoms with Crippen molar-refractivity contribution in [1.82, 2.24) is 9.88 Å². The van der Waals surface area contributed by atoms with Crippen molar-refractivity contribution in [3.8, 4) is 0 Å². The molecule has 1 aromatic rings. The van der Waals surface area contributed by atoms with E-state index < -0.39 is 10.8 Å². The summed E-state index contributed by atoms with van der Waals surface area (Å²) in [5.41, 5.74) is 2.78. The van der Waals surface area contributed by atoms with Crippen LogP contribution in [0, 0.1) is 0 Å². The Kier molecular flexibility index (Phi) is 4.15. The second-order valence-corrected chi connectivity index (χ2v) is 5.93. The third kappa shape index (κ3) is 2.98. The van der Waals surface area contributed by atoms with Gasteiger partial charge in [0.05, 0.1) is 0 Å². The first kappa shape index (κ1) is 13.3. The number of hydrogen-bond donors (Lipinski definition) is 2. The number of pyridine rings is 1. The predicted octanol–water partition coefficient (Wildman–Crippen LogP) is 0.225. The molecule has 0 radical (unpaired) electrons. The second-order valence-electron chi connectivity index (χ2n) is 3.85. The minimum Gasteiger partial charge on any atom is -0.337 e. The van der Waals surface area contributed by atoms with Gasteiger partial charge in [0.2, 0.25) is 0 Å². The number of hydrazine groups is 1. The summed E-state index contributed by atoms with van der Waals surface area (Å²) in [6, 6.07) is 3.04. The summed E-state index contributed by atoms with van der Waals surface area (Å²) in [5.74, 6) is 6.48. The first-order valence-electron chi connectivity index (χ1n) is 5.38. The molecule has 0 spiro atoms. The highest BCUT2D eigenvalue weighted by molar-refractivity contribution is 7.85. The van der Waals surface area contributed by atoms with E-state index in [1.54, 1.807) is 11.0 Å². The van der Waals surface area contributed by atoms with Gasteiger partial charge in [0.25, 0.3) is 5.91 Å². The van der Waals surface area contributed by atoms with Gasteiger partial charge < -0.3 is 10.3 Å². The first-order valence-corrected chi connectivity index (χ1v) is 7.25. The largest absolute Gasteiger partial charge is 0.337 e. The Morgan fingerprint density at radius 1 is 1.44 bits per heavy atom. The molecular formula is C10H13ClN4O2S. The van der Waals surface area contributed by atoms with Gasteiger partial charge in [-0.25, -0.2) is 10.8 Å². The highest BCUT2D eigenvalue weighted by Gasteiger charge is 2.22. The number of carbonyl (C=O) groups excluding carboxylic acids is 1. The molecule has 0 bridgehead atoms. The number of amides is 1. The number of halogens is 1. The van der Waals surface area contributed by atoms with Crippen LogP contribution in [0.25, 0.3) is 0 Å². The van der Waals surface area contributed by atoms with Crippen molar-refractivity contribution < 1.29 is 9.00 Å². The molecular weight excluding hydrogens is 276 g/mol. The molecule has 0 unspecified atom stereocenters. The number of anilines is 1. The lowest BCUT2D eigenvalue weighted by Gasteiger charge is -2.26. The van der Waals surface area contributed by atoms with Crippen LogP contribution in [0.2, 0.25) is 5.15 Å². The lowest BCUT2D eigenvalue weighted by atomic mass is 10.2. The molecule has 0 atom stereocenters. The average molecular weight is 289 g/mol. The molecule has 18 heavy (non-hydrogen) atoms. The van der Waals surface area contributed by atoms with Gasteiger partial charge in [0, 0.05) is 41.0 Å². The van der Waals surface area contributed by atoms with Gasteiger partial charge in [-0.2, -0.15) is 0 Å². The second kappa shape index (κ2) is 5.64. The summed E-state index contributed by atoms with van der Waals surface area (Å²) >= 11 is 5.81. The van der Waals surface area contributed by atoms with Crippen LogP contribution in [0.5, 0.6) is 0 Å². The third-order valence-electron chi connectivity index (χ3n) is 2.65. The molecule has 6 nitrogen and oxygen atoms in total. The van der Waals surface area contributed by atoms with E-state index in [1.807, 2.05) is 0 Å². The van der Waals surface area contributed by atoms with E-state index in [4.69, 9.17) is 17.4 Å². The molecule has 0 aliphatic carbocycles. The van der Waals surface area contributed by atoms with Gasteiger partial charge >= 0.3 is 0 Å². The summed E-state index contributed by atoms with van der Waals surface area (Å²) in [6.45, 7) is 0.994. The van der Waals surface area contributed by atoms with Crippen molar-refractivity contribution in [2.75, 3.05) is 30.0 Å². The first-order chi connectivity index (χ1) is 8.60. The summed E-state index contributed by atoms with van der Waals surface area (Å²) in [5, 5.41) is 0.203.